The molecule has 1 aromatic carbocycles. The zero-order chi connectivity index (χ0) is 10.8. The van der Waals surface area contributed by atoms with Crippen LogP contribution in [0.15, 0.2) is 30.5 Å². The van der Waals surface area contributed by atoms with Gasteiger partial charge in [0, 0.05) is 23.3 Å². The standard InChI is InChI=1S/C13H18N2/c1-3-10(4-2)15-9-8-11-12(14)6-5-7-13(11)15/h5-10H,3-4,14H2,1-2H3. The molecule has 0 radical (unpaired) electrons. The quantitative estimate of drug-likeness (QED) is 0.758. The molecule has 2 rings (SSSR count). The Morgan fingerprint density at radius 3 is 2.60 bits per heavy atom. The van der Waals surface area contributed by atoms with Crippen LogP contribution in [0.25, 0.3) is 10.9 Å². The number of benzene rings is 1. The first-order valence-electron chi connectivity index (χ1n) is 5.63. The molecule has 0 aliphatic carbocycles. The van der Waals surface area contributed by atoms with Crippen molar-refractivity contribution in [3.8, 4) is 0 Å². The highest BCUT2D eigenvalue weighted by Crippen LogP contribution is 2.27. The molecule has 0 spiro atoms. The van der Waals surface area contributed by atoms with E-state index in [-0.39, 0.29) is 0 Å². The monoisotopic (exact) mass is 202 g/mol. The zero-order valence-electron chi connectivity index (χ0n) is 9.40. The third kappa shape index (κ3) is 1.60. The maximum Gasteiger partial charge on any atom is 0.0503 e. The molecule has 80 valence electrons. The molecule has 0 unspecified atom stereocenters. The van der Waals surface area contributed by atoms with Gasteiger partial charge in [0.1, 0.15) is 0 Å². The molecule has 1 heterocycles. The van der Waals surface area contributed by atoms with Crippen LogP contribution in [0.2, 0.25) is 0 Å². The van der Waals surface area contributed by atoms with Crippen LogP contribution in [0.5, 0.6) is 0 Å². The molecule has 0 saturated carbocycles. The lowest BCUT2D eigenvalue weighted by atomic mass is 10.1. The molecule has 0 saturated heterocycles. The first kappa shape index (κ1) is 10.1. The molecule has 0 atom stereocenters. The van der Waals surface area contributed by atoms with Crippen LogP contribution >= 0.6 is 0 Å². The topological polar surface area (TPSA) is 30.9 Å². The number of nitrogens with zero attached hydrogens (tertiary/aromatic N) is 1. The second-order valence-electron chi connectivity index (χ2n) is 3.97. The van der Waals surface area contributed by atoms with Crippen molar-refractivity contribution in [1.29, 1.82) is 0 Å². The van der Waals surface area contributed by atoms with Gasteiger partial charge in [-0.1, -0.05) is 19.9 Å². The predicted octanol–water partition coefficient (Wildman–Crippen LogP) is 3.58. The summed E-state index contributed by atoms with van der Waals surface area (Å²) in [7, 11) is 0. The fourth-order valence-corrected chi connectivity index (χ4v) is 2.21. The van der Waals surface area contributed by atoms with Crippen LogP contribution in [0.3, 0.4) is 0 Å². The number of hydrogen-bond acceptors (Lipinski definition) is 1. The summed E-state index contributed by atoms with van der Waals surface area (Å²) in [5.74, 6) is 0. The number of hydrogen-bond donors (Lipinski definition) is 1. The lowest BCUT2D eigenvalue weighted by molar-refractivity contribution is 0.486. The smallest absolute Gasteiger partial charge is 0.0503 e. The molecule has 0 bridgehead atoms. The second-order valence-corrected chi connectivity index (χ2v) is 3.97. The van der Waals surface area contributed by atoms with E-state index in [0.29, 0.717) is 6.04 Å². The summed E-state index contributed by atoms with van der Waals surface area (Å²) >= 11 is 0. The van der Waals surface area contributed by atoms with Crippen molar-refractivity contribution in [2.75, 3.05) is 5.73 Å². The van der Waals surface area contributed by atoms with Crippen molar-refractivity contribution < 1.29 is 0 Å². The lowest BCUT2D eigenvalue weighted by Crippen LogP contribution is -2.05. The summed E-state index contributed by atoms with van der Waals surface area (Å²) in [6.07, 6.45) is 4.48. The van der Waals surface area contributed by atoms with Gasteiger partial charge >= 0.3 is 0 Å². The molecule has 15 heavy (non-hydrogen) atoms. The predicted molar refractivity (Wildman–Crippen MR) is 66.0 cm³/mol. The van der Waals surface area contributed by atoms with E-state index in [1.54, 1.807) is 0 Å². The minimum absolute atomic E-state index is 0.587. The number of nitrogens with two attached hydrogens (primary N) is 1. The van der Waals surface area contributed by atoms with E-state index in [4.69, 9.17) is 5.73 Å². The fourth-order valence-electron chi connectivity index (χ4n) is 2.21. The molecule has 0 amide bonds. The van der Waals surface area contributed by atoms with Crippen LogP contribution in [0.1, 0.15) is 32.7 Å². The highest BCUT2D eigenvalue weighted by Gasteiger charge is 2.09. The van der Waals surface area contributed by atoms with Crippen molar-refractivity contribution >= 4 is 16.6 Å². The van der Waals surface area contributed by atoms with Crippen molar-refractivity contribution in [2.24, 2.45) is 0 Å². The van der Waals surface area contributed by atoms with Crippen molar-refractivity contribution in [3.63, 3.8) is 0 Å². The Hall–Kier alpha value is -1.44. The van der Waals surface area contributed by atoms with Crippen LogP contribution in [0.4, 0.5) is 5.69 Å². The van der Waals surface area contributed by atoms with E-state index in [9.17, 15) is 0 Å². The molecule has 0 fully saturated rings. The Morgan fingerprint density at radius 2 is 1.93 bits per heavy atom. The third-order valence-corrected chi connectivity index (χ3v) is 3.13. The number of aromatic nitrogens is 1. The number of anilines is 1. The van der Waals surface area contributed by atoms with Crippen LogP contribution in [-0.4, -0.2) is 4.57 Å². The Labute approximate surface area is 90.7 Å². The highest BCUT2D eigenvalue weighted by atomic mass is 15.0. The summed E-state index contributed by atoms with van der Waals surface area (Å²) in [6, 6.07) is 8.83. The van der Waals surface area contributed by atoms with E-state index in [2.05, 4.69) is 36.7 Å². The van der Waals surface area contributed by atoms with Gasteiger partial charge in [-0.2, -0.15) is 0 Å². The van der Waals surface area contributed by atoms with E-state index in [0.717, 1.165) is 18.5 Å². The number of fused-ring (bicyclic) bond motifs is 1. The normalized spacial score (nSPS) is 11.4. The second kappa shape index (κ2) is 3.97. The Morgan fingerprint density at radius 1 is 1.20 bits per heavy atom. The molecule has 1 aromatic heterocycles. The molecular formula is C13H18N2. The van der Waals surface area contributed by atoms with E-state index in [1.165, 1.54) is 10.9 Å². The summed E-state index contributed by atoms with van der Waals surface area (Å²) in [4.78, 5) is 0. The summed E-state index contributed by atoms with van der Waals surface area (Å²) in [5.41, 5.74) is 8.07. The van der Waals surface area contributed by atoms with Gasteiger partial charge in [0.25, 0.3) is 0 Å². The van der Waals surface area contributed by atoms with Gasteiger partial charge in [-0.25, -0.2) is 0 Å². The first-order chi connectivity index (χ1) is 7.27. The molecule has 2 nitrogen and oxygen atoms in total. The zero-order valence-corrected chi connectivity index (χ0v) is 9.40. The van der Waals surface area contributed by atoms with Crippen molar-refractivity contribution in [2.45, 2.75) is 32.7 Å². The Kier molecular flexibility index (Phi) is 2.67. The first-order valence-corrected chi connectivity index (χ1v) is 5.63. The lowest BCUT2D eigenvalue weighted by Gasteiger charge is -2.16. The average Bonchev–Trinajstić information content (AvgIpc) is 2.66. The van der Waals surface area contributed by atoms with Crippen LogP contribution in [0, 0.1) is 0 Å². The summed E-state index contributed by atoms with van der Waals surface area (Å²) in [5, 5.41) is 1.17. The molecule has 0 aliphatic heterocycles. The SMILES string of the molecule is CCC(CC)n1ccc2c(N)cccc21. The fraction of sp³-hybridized carbons (Fsp3) is 0.385. The van der Waals surface area contributed by atoms with Crippen LogP contribution < -0.4 is 5.73 Å². The highest BCUT2D eigenvalue weighted by molar-refractivity contribution is 5.91. The molecule has 2 heteroatoms. The van der Waals surface area contributed by atoms with Gasteiger partial charge in [-0.15, -0.1) is 0 Å². The minimum Gasteiger partial charge on any atom is -0.398 e. The third-order valence-electron chi connectivity index (χ3n) is 3.13. The Balaban J connectivity index is 2.58. The van der Waals surface area contributed by atoms with E-state index >= 15 is 0 Å². The van der Waals surface area contributed by atoms with Crippen molar-refractivity contribution in [3.05, 3.63) is 30.5 Å². The molecular weight excluding hydrogens is 184 g/mol. The molecule has 0 aliphatic rings. The maximum absolute atomic E-state index is 5.94. The summed E-state index contributed by atoms with van der Waals surface area (Å²) < 4.78 is 2.34. The number of rotatable bonds is 3. The maximum atomic E-state index is 5.94. The van der Waals surface area contributed by atoms with Gasteiger partial charge < -0.3 is 10.3 Å². The average molecular weight is 202 g/mol. The molecule has 2 aromatic rings. The largest absolute Gasteiger partial charge is 0.398 e. The van der Waals surface area contributed by atoms with Crippen LogP contribution in [-0.2, 0) is 0 Å². The molecule has 2 N–H and O–H groups in total. The van der Waals surface area contributed by atoms with Gasteiger partial charge in [0.05, 0.1) is 5.52 Å². The van der Waals surface area contributed by atoms with E-state index < -0.39 is 0 Å². The minimum atomic E-state index is 0.587. The Bertz CT molecular complexity index is 453. The summed E-state index contributed by atoms with van der Waals surface area (Å²) in [6.45, 7) is 4.46. The van der Waals surface area contributed by atoms with Gasteiger partial charge in [-0.3, -0.25) is 0 Å². The van der Waals surface area contributed by atoms with Crippen molar-refractivity contribution in [1.82, 2.24) is 4.57 Å². The van der Waals surface area contributed by atoms with Gasteiger partial charge in [0.15, 0.2) is 0 Å². The van der Waals surface area contributed by atoms with Gasteiger partial charge in [-0.05, 0) is 31.0 Å². The van der Waals surface area contributed by atoms with Gasteiger partial charge in [0.2, 0.25) is 0 Å². The number of nitrogen functional groups attached to an aromatic ring is 1. The van der Waals surface area contributed by atoms with E-state index in [1.807, 2.05) is 12.1 Å².